The molecule has 5 rings (SSSR count). The fourth-order valence-electron chi connectivity index (χ4n) is 5.85. The van der Waals surface area contributed by atoms with E-state index in [1.807, 2.05) is 42.5 Å². The quantitative estimate of drug-likeness (QED) is 0.129. The molecule has 268 valence electrons. The van der Waals surface area contributed by atoms with Crippen LogP contribution in [0.5, 0.6) is 11.5 Å². The first-order valence-corrected chi connectivity index (χ1v) is 17.9. The van der Waals surface area contributed by atoms with E-state index >= 15 is 0 Å². The number of piperidine rings is 1. The Morgan fingerprint density at radius 3 is 2.32 bits per heavy atom. The summed E-state index contributed by atoms with van der Waals surface area (Å²) in [5.74, 6) is 0.599. The van der Waals surface area contributed by atoms with Gasteiger partial charge in [0.2, 0.25) is 0 Å². The van der Waals surface area contributed by atoms with Crippen LogP contribution in [0.4, 0.5) is 0 Å². The van der Waals surface area contributed by atoms with Gasteiger partial charge >= 0.3 is 11.9 Å². The van der Waals surface area contributed by atoms with Gasteiger partial charge in [-0.3, -0.25) is 5.32 Å². The maximum atomic E-state index is 13.6. The summed E-state index contributed by atoms with van der Waals surface area (Å²) in [4.78, 5) is 33.6. The summed E-state index contributed by atoms with van der Waals surface area (Å²) < 4.78 is 22.9. The number of ether oxygens (including phenoxy) is 4. The van der Waals surface area contributed by atoms with Gasteiger partial charge < -0.3 is 29.3 Å². The third-order valence-corrected chi connectivity index (χ3v) is 10.5. The zero-order valence-corrected chi connectivity index (χ0v) is 30.7. The van der Waals surface area contributed by atoms with E-state index in [1.54, 1.807) is 44.8 Å². The molecule has 0 aliphatic carbocycles. The van der Waals surface area contributed by atoms with Crippen molar-refractivity contribution in [2.24, 2.45) is 5.92 Å². The van der Waals surface area contributed by atoms with Gasteiger partial charge in [-0.05, 0) is 73.8 Å². The van der Waals surface area contributed by atoms with Crippen molar-refractivity contribution in [1.82, 2.24) is 10.2 Å². The van der Waals surface area contributed by atoms with E-state index in [9.17, 15) is 9.59 Å². The van der Waals surface area contributed by atoms with Crippen molar-refractivity contribution in [3.05, 3.63) is 110 Å². The molecule has 0 amide bonds. The molecule has 13 heteroatoms. The van der Waals surface area contributed by atoms with Gasteiger partial charge in [0.15, 0.2) is 23.9 Å². The van der Waals surface area contributed by atoms with E-state index in [0.29, 0.717) is 56.6 Å². The molecule has 2 atom stereocenters. The van der Waals surface area contributed by atoms with E-state index in [4.69, 9.17) is 42.1 Å². The number of rotatable bonds is 15. The van der Waals surface area contributed by atoms with Gasteiger partial charge in [-0.25, -0.2) is 14.6 Å². The van der Waals surface area contributed by atoms with Gasteiger partial charge in [-0.1, -0.05) is 66.5 Å². The second kappa shape index (κ2) is 19.1. The van der Waals surface area contributed by atoms with Crippen molar-refractivity contribution >= 4 is 46.5 Å². The van der Waals surface area contributed by atoms with Crippen LogP contribution in [0.2, 0.25) is 10.0 Å². The third-order valence-electron chi connectivity index (χ3n) is 8.74. The number of halogens is 2. The zero-order chi connectivity index (χ0) is 34.8. The highest BCUT2D eigenvalue weighted by atomic mass is 35.5. The van der Waals surface area contributed by atoms with E-state index in [1.165, 1.54) is 11.3 Å². The first-order chi connectivity index (χ1) is 23.8. The average molecular weight is 745 g/mol. The number of benzene rings is 2. The predicted molar refractivity (Wildman–Crippen MR) is 192 cm³/mol. The Morgan fingerprint density at radius 2 is 1.66 bits per heavy atom. The van der Waals surface area contributed by atoms with Gasteiger partial charge in [0.05, 0.1) is 20.8 Å². The van der Waals surface area contributed by atoms with Gasteiger partial charge in [0, 0.05) is 23.4 Å². The second-order valence-corrected chi connectivity index (χ2v) is 13.8. The van der Waals surface area contributed by atoms with Crippen molar-refractivity contribution in [2.45, 2.75) is 44.9 Å². The molecular weight excluding hydrogens is 701 g/mol. The molecule has 0 radical (unpaired) electrons. The van der Waals surface area contributed by atoms with Crippen molar-refractivity contribution in [3.8, 4) is 11.5 Å². The van der Waals surface area contributed by atoms with Gasteiger partial charge in [0.25, 0.3) is 0 Å². The molecule has 2 aromatic carbocycles. The number of methoxy groups -OCH3 is 2. The van der Waals surface area contributed by atoms with Gasteiger partial charge in [-0.15, -0.1) is 11.3 Å². The van der Waals surface area contributed by atoms with Crippen LogP contribution in [0.15, 0.2) is 73.1 Å². The van der Waals surface area contributed by atoms with E-state index in [2.05, 4.69) is 22.1 Å². The highest BCUT2D eigenvalue weighted by molar-refractivity contribution is 7.13. The number of hydrogen-bond acceptors (Lipinski definition) is 10. The number of aromatic nitrogens is 1. The number of carbonyl (C=O) groups is 2. The number of pyridine rings is 1. The van der Waals surface area contributed by atoms with Crippen LogP contribution in [0.3, 0.4) is 0 Å². The number of thiophene rings is 1. The maximum Gasteiger partial charge on any atom is 0.348 e. The molecule has 0 bridgehead atoms. The molecule has 10 nitrogen and oxygen atoms in total. The Morgan fingerprint density at radius 1 is 0.960 bits per heavy atom. The number of nitrogens with zero attached hydrogens (tertiary/aromatic N) is 1. The summed E-state index contributed by atoms with van der Waals surface area (Å²) in [6.45, 7) is 6.04. The van der Waals surface area contributed by atoms with Crippen LogP contribution in [0.25, 0.3) is 0 Å². The van der Waals surface area contributed by atoms with Crippen molar-refractivity contribution < 1.29 is 39.0 Å². The first-order valence-electron chi connectivity index (χ1n) is 16.3. The van der Waals surface area contributed by atoms with Crippen molar-refractivity contribution in [3.63, 3.8) is 0 Å². The number of nitrogens with one attached hydrogen (secondary N) is 2. The largest absolute Gasteiger partial charge is 0.870 e. The number of H-pyrrole nitrogens is 1. The lowest BCUT2D eigenvalue weighted by Crippen LogP contribution is -2.36. The topological polar surface area (TPSA) is 130 Å². The highest BCUT2D eigenvalue weighted by Gasteiger charge is 2.27. The summed E-state index contributed by atoms with van der Waals surface area (Å²) in [6, 6.07) is 17.8. The first kappa shape index (κ1) is 39.1. The van der Waals surface area contributed by atoms with Crippen LogP contribution in [-0.4, -0.2) is 62.8 Å². The van der Waals surface area contributed by atoms with Gasteiger partial charge in [-0.2, -0.15) is 0 Å². The Bertz CT molecular complexity index is 1680. The summed E-state index contributed by atoms with van der Waals surface area (Å²) in [5, 5.41) is 4.21. The number of esters is 2. The third kappa shape index (κ3) is 10.2. The standard InChI is InChI=1S/C37H41Cl2N3O6S.H2O/c1-4-42-16-14-24(15-17-42)23-47-37(44)35(25-8-6-5-7-9-25)41-20-27-11-13-34(49-27)36(43)48-32(19-28-29(38)21-40-22-30(28)39)26-10-12-31(45-2)33(18-26)46-3;/h5-13,18,21-22,24,32,35,41H,4,14-17,19-20,23H2,1-3H3;1H2/t32-,35?;/m0./s1. The molecule has 1 unspecified atom stereocenters. The van der Waals surface area contributed by atoms with Gasteiger partial charge in [0.1, 0.15) is 27.1 Å². The zero-order valence-electron chi connectivity index (χ0n) is 28.3. The minimum Gasteiger partial charge on any atom is -0.870 e. The number of aromatic amines is 1. The monoisotopic (exact) mass is 743 g/mol. The molecule has 3 N–H and O–H groups in total. The lowest BCUT2D eigenvalue weighted by Gasteiger charge is -2.31. The summed E-state index contributed by atoms with van der Waals surface area (Å²) in [7, 11) is 3.10. The molecule has 0 spiro atoms. The average Bonchev–Trinajstić information content (AvgIpc) is 3.61. The Labute approximate surface area is 306 Å². The van der Waals surface area contributed by atoms with Crippen LogP contribution in [-0.2, 0) is 27.2 Å². The number of likely N-dealkylation sites (tertiary alicyclic amines) is 1. The summed E-state index contributed by atoms with van der Waals surface area (Å²) in [5.41, 5.74) is 2.14. The molecule has 0 saturated carbocycles. The molecular formula is C37H43Cl2N3O7S. The molecule has 1 aliphatic heterocycles. The fourth-order valence-corrected chi connectivity index (χ4v) is 7.22. The molecule has 1 fully saturated rings. The molecule has 1 saturated heterocycles. The van der Waals surface area contributed by atoms with Crippen molar-refractivity contribution in [2.75, 3.05) is 40.5 Å². The highest BCUT2D eigenvalue weighted by Crippen LogP contribution is 2.36. The Balaban J connectivity index is 0.00000562. The summed E-state index contributed by atoms with van der Waals surface area (Å²) in [6.07, 6.45) is 4.79. The number of hydrogen-bond donors (Lipinski definition) is 1. The Hall–Kier alpha value is -3.71. The van der Waals surface area contributed by atoms with Crippen LogP contribution in [0, 0.1) is 5.92 Å². The SMILES string of the molecule is CCN1CCC(COC(=O)C(NCc2ccc(C(=O)O[C@@H](Cc3c(Cl)c[nH+]cc3Cl)c3ccc(OC)c(OC)c3)s2)c2ccccc2)CC1.[OH-]. The smallest absolute Gasteiger partial charge is 0.348 e. The maximum absolute atomic E-state index is 13.6. The summed E-state index contributed by atoms with van der Waals surface area (Å²) >= 11 is 14.3. The molecule has 2 aromatic heterocycles. The van der Waals surface area contributed by atoms with Crippen LogP contribution < -0.4 is 19.8 Å². The van der Waals surface area contributed by atoms with E-state index < -0.39 is 18.1 Å². The number of carbonyl (C=O) groups excluding carboxylic acids is 2. The molecule has 50 heavy (non-hydrogen) atoms. The van der Waals surface area contributed by atoms with Crippen LogP contribution in [0.1, 0.15) is 63.2 Å². The minimum absolute atomic E-state index is 0. The Kier molecular flexibility index (Phi) is 14.9. The van der Waals surface area contributed by atoms with Crippen molar-refractivity contribution in [1.29, 1.82) is 0 Å². The van der Waals surface area contributed by atoms with Crippen LogP contribution >= 0.6 is 34.5 Å². The van der Waals surface area contributed by atoms with E-state index in [0.717, 1.165) is 42.9 Å². The lowest BCUT2D eigenvalue weighted by atomic mass is 9.98. The minimum atomic E-state index is -0.736. The molecule has 4 aromatic rings. The predicted octanol–water partition coefficient (Wildman–Crippen LogP) is 6.96. The normalized spacial score (nSPS) is 14.7. The molecule has 1 aliphatic rings. The lowest BCUT2D eigenvalue weighted by molar-refractivity contribution is -0.377. The molecule has 3 heterocycles. The second-order valence-electron chi connectivity index (χ2n) is 11.8. The fraction of sp³-hybridized carbons (Fsp3) is 0.378. The van der Waals surface area contributed by atoms with E-state index in [-0.39, 0.29) is 17.9 Å².